The zero-order valence-electron chi connectivity index (χ0n) is 42.3. The first kappa shape index (κ1) is 57.3. The molecule has 404 valence electrons. The minimum atomic E-state index is -4.33. The number of hydrogen-bond acceptors (Lipinski definition) is 10. The summed E-state index contributed by atoms with van der Waals surface area (Å²) < 4.78 is 94.1. The Kier molecular flexibility index (Phi) is 17.1. The third-order valence-corrected chi connectivity index (χ3v) is 20.9. The predicted molar refractivity (Wildman–Crippen MR) is 304 cm³/mol. The van der Waals surface area contributed by atoms with Gasteiger partial charge in [0.05, 0.1) is 33.2 Å². The average Bonchev–Trinajstić information content (AvgIpc) is 3.35. The molecule has 3 aliphatic heterocycles. The van der Waals surface area contributed by atoms with Gasteiger partial charge in [-0.3, -0.25) is 4.90 Å². The molecule has 13 nitrogen and oxygen atoms in total. The van der Waals surface area contributed by atoms with Gasteiger partial charge in [0.15, 0.2) is 0 Å². The van der Waals surface area contributed by atoms with E-state index in [0.29, 0.717) is 69.4 Å². The van der Waals surface area contributed by atoms with Crippen molar-refractivity contribution < 1.29 is 25.3 Å². The number of sulfonamides is 3. The highest BCUT2D eigenvalue weighted by Gasteiger charge is 2.36. The molecular formula is C54H57Cl6N7O6S3. The maximum Gasteiger partial charge on any atom is 0.241 e. The van der Waals surface area contributed by atoms with Crippen molar-refractivity contribution in [3.05, 3.63) is 189 Å². The molecule has 0 aliphatic carbocycles. The van der Waals surface area contributed by atoms with E-state index in [2.05, 4.69) is 28.9 Å². The molecule has 3 N–H and O–H groups in total. The molecule has 22 heteroatoms. The van der Waals surface area contributed by atoms with E-state index < -0.39 is 48.6 Å². The van der Waals surface area contributed by atoms with Gasteiger partial charge in [-0.2, -0.15) is 14.2 Å². The maximum absolute atomic E-state index is 14.3. The maximum atomic E-state index is 14.3. The summed E-state index contributed by atoms with van der Waals surface area (Å²) in [6.45, 7) is 8.38. The summed E-state index contributed by atoms with van der Waals surface area (Å²) in [5.41, 5.74) is 8.29. The Morgan fingerprint density at radius 2 is 0.658 bits per heavy atom. The van der Waals surface area contributed by atoms with E-state index in [4.69, 9.17) is 69.6 Å². The van der Waals surface area contributed by atoms with Crippen molar-refractivity contribution in [3.8, 4) is 0 Å². The molecule has 6 aromatic rings. The van der Waals surface area contributed by atoms with Crippen LogP contribution in [0.3, 0.4) is 0 Å². The average molecular weight is 1210 g/mol. The molecule has 0 spiro atoms. The van der Waals surface area contributed by atoms with Crippen LogP contribution >= 0.6 is 69.6 Å². The quantitative estimate of drug-likeness (QED) is 0.0848. The van der Waals surface area contributed by atoms with Crippen molar-refractivity contribution in [2.75, 3.05) is 40.8 Å². The van der Waals surface area contributed by atoms with E-state index in [-0.39, 0.29) is 32.4 Å². The van der Waals surface area contributed by atoms with E-state index in [1.165, 1.54) is 62.1 Å². The zero-order valence-corrected chi connectivity index (χ0v) is 49.3. The summed E-state index contributed by atoms with van der Waals surface area (Å²) in [5.74, 6) is -0.439. The molecule has 0 saturated heterocycles. The lowest BCUT2D eigenvalue weighted by atomic mass is 9.85. The fourth-order valence-corrected chi connectivity index (χ4v) is 16.4. The molecule has 6 aromatic carbocycles. The second-order valence-electron chi connectivity index (χ2n) is 20.2. The van der Waals surface area contributed by atoms with Gasteiger partial charge in [-0.1, -0.05) is 106 Å². The van der Waals surface area contributed by atoms with Crippen molar-refractivity contribution in [1.82, 2.24) is 33.8 Å². The van der Waals surface area contributed by atoms with Gasteiger partial charge in [0.2, 0.25) is 30.1 Å². The van der Waals surface area contributed by atoms with E-state index >= 15 is 0 Å². The Bertz CT molecular complexity index is 3160. The zero-order chi connectivity index (χ0) is 54.8. The summed E-state index contributed by atoms with van der Waals surface area (Å²) in [5, 5.41) is 3.18. The van der Waals surface area contributed by atoms with Crippen LogP contribution in [0.1, 0.15) is 88.6 Å². The van der Waals surface area contributed by atoms with Crippen LogP contribution in [0.25, 0.3) is 0 Å². The van der Waals surface area contributed by atoms with Gasteiger partial charge in [-0.25, -0.2) is 25.3 Å². The molecule has 3 aliphatic rings. The van der Waals surface area contributed by atoms with Crippen LogP contribution in [0.4, 0.5) is 0 Å². The van der Waals surface area contributed by atoms with E-state index in [9.17, 15) is 25.3 Å². The number of nitrogens with zero attached hydrogens (tertiary/aromatic N) is 4. The van der Waals surface area contributed by atoms with Crippen LogP contribution in [-0.4, -0.2) is 104 Å². The largest absolute Gasteiger partial charge is 0.301 e. The first-order valence-corrected chi connectivity index (χ1v) is 31.1. The molecule has 6 atom stereocenters. The molecule has 0 saturated carbocycles. The standard InChI is InChI=1S/C54H57Cl6N7O6S3/c1-31(61-74(68,69)40-13-7-34(8-14-40)46-25-64(4)28-49-43(46)19-37(55)22-52(49)58)67(32(2)62-75(70,71)41-15-9-35(10-16-41)47-26-65(5)29-50-44(47)20-38(56)23-53(50)59)33(3)63-76(72,73)42-17-11-36(12-18-42)48-27-66(6)30-51-45(48)21-39(57)24-54(51)60/h7-24,31-33,46-48,61-63H,25-30H2,1-6H3. The molecule has 0 fully saturated rings. The number of fused-ring (bicyclic) bond motifs is 3. The minimum absolute atomic E-state index is 0.0640. The van der Waals surface area contributed by atoms with Gasteiger partial charge < -0.3 is 14.7 Å². The van der Waals surface area contributed by atoms with Crippen LogP contribution in [0, 0.1) is 0 Å². The van der Waals surface area contributed by atoms with Crippen LogP contribution in [-0.2, 0) is 49.7 Å². The van der Waals surface area contributed by atoms with Gasteiger partial charge in [0, 0.05) is 87.2 Å². The highest BCUT2D eigenvalue weighted by molar-refractivity contribution is 7.90. The summed E-state index contributed by atoms with van der Waals surface area (Å²) >= 11 is 39.2. The summed E-state index contributed by atoms with van der Waals surface area (Å²) in [4.78, 5) is 7.61. The van der Waals surface area contributed by atoms with Gasteiger partial charge in [0.25, 0.3) is 0 Å². The number of benzene rings is 6. The van der Waals surface area contributed by atoms with Crippen LogP contribution in [0.5, 0.6) is 0 Å². The van der Waals surface area contributed by atoms with Crippen molar-refractivity contribution in [3.63, 3.8) is 0 Å². The normalized spacial score (nSPS) is 19.9. The Balaban J connectivity index is 0.983. The van der Waals surface area contributed by atoms with Crippen molar-refractivity contribution >= 4 is 99.7 Å². The van der Waals surface area contributed by atoms with Crippen LogP contribution in [0.2, 0.25) is 30.1 Å². The second kappa shape index (κ2) is 22.6. The third-order valence-electron chi connectivity index (χ3n) is 14.6. The fraction of sp³-hybridized carbons (Fsp3) is 0.333. The van der Waals surface area contributed by atoms with Gasteiger partial charge >= 0.3 is 0 Å². The molecule has 9 rings (SSSR count). The summed E-state index contributed by atoms with van der Waals surface area (Å²) in [6, 6.07) is 30.3. The lowest BCUT2D eigenvalue weighted by molar-refractivity contribution is 0.0852. The first-order valence-electron chi connectivity index (χ1n) is 24.4. The van der Waals surface area contributed by atoms with Gasteiger partial charge in [0.1, 0.15) is 0 Å². The van der Waals surface area contributed by atoms with Gasteiger partial charge in [-0.05, 0) is 165 Å². The van der Waals surface area contributed by atoms with E-state index in [1.807, 2.05) is 39.3 Å². The molecule has 0 aromatic heterocycles. The third kappa shape index (κ3) is 12.2. The van der Waals surface area contributed by atoms with E-state index in [0.717, 1.165) is 50.1 Å². The molecule has 0 radical (unpaired) electrons. The summed E-state index contributed by atoms with van der Waals surface area (Å²) in [7, 11) is -7.03. The lowest BCUT2D eigenvalue weighted by Gasteiger charge is -2.39. The van der Waals surface area contributed by atoms with Crippen LogP contribution in [0.15, 0.2) is 124 Å². The smallest absolute Gasteiger partial charge is 0.241 e. The topological polar surface area (TPSA) is 151 Å². The van der Waals surface area contributed by atoms with Gasteiger partial charge in [-0.15, -0.1) is 0 Å². The summed E-state index contributed by atoms with van der Waals surface area (Å²) in [6.07, 6.45) is -3.63. The number of rotatable bonds is 15. The lowest BCUT2D eigenvalue weighted by Crippen LogP contribution is -2.62. The Morgan fingerprint density at radius 1 is 0.421 bits per heavy atom. The number of nitrogens with one attached hydrogen (secondary N) is 3. The number of halogens is 6. The highest BCUT2D eigenvalue weighted by Crippen LogP contribution is 2.42. The minimum Gasteiger partial charge on any atom is -0.301 e. The Labute approximate surface area is 476 Å². The SMILES string of the molecule is CC(NS(=O)(=O)c1ccc(C2CN(C)Cc3c(Cl)cc(Cl)cc32)cc1)N(C(C)NS(=O)(=O)c1ccc(C2CN(C)Cc3c(Cl)cc(Cl)cc32)cc1)C(C)NS(=O)(=O)c1ccc(C2CN(C)Cc3c(Cl)cc(Cl)cc32)cc1. The van der Waals surface area contributed by atoms with Crippen LogP contribution < -0.4 is 14.2 Å². The fourth-order valence-electron chi connectivity index (χ4n) is 11.1. The molecule has 3 heterocycles. The first-order chi connectivity index (χ1) is 35.8. The van der Waals surface area contributed by atoms with Crippen molar-refractivity contribution in [2.45, 2.75) is 91.3 Å². The Morgan fingerprint density at radius 3 is 0.895 bits per heavy atom. The molecule has 0 amide bonds. The Hall–Kier alpha value is -3.37. The molecule has 0 bridgehead atoms. The molecule has 76 heavy (non-hydrogen) atoms. The number of likely N-dealkylation sites (N-methyl/N-ethyl adjacent to an activating group) is 3. The van der Waals surface area contributed by atoms with E-state index in [1.54, 1.807) is 54.6 Å². The molecular weight excluding hydrogens is 1150 g/mol. The predicted octanol–water partition coefficient (Wildman–Crippen LogP) is 10.9. The number of hydrogen-bond donors (Lipinski definition) is 3. The second-order valence-corrected chi connectivity index (χ2v) is 27.8. The molecule has 6 unspecified atom stereocenters. The van der Waals surface area contributed by atoms with Crippen molar-refractivity contribution in [1.29, 1.82) is 0 Å². The highest BCUT2D eigenvalue weighted by atomic mass is 35.5. The monoisotopic (exact) mass is 1210 g/mol. The van der Waals surface area contributed by atoms with Crippen molar-refractivity contribution in [2.24, 2.45) is 0 Å².